The molecule has 0 aromatic heterocycles. The van der Waals surface area contributed by atoms with Gasteiger partial charge in [0.25, 0.3) is 0 Å². The Bertz CT molecular complexity index is 476. The quantitative estimate of drug-likeness (QED) is 0.386. The predicted molar refractivity (Wildman–Crippen MR) is 95.9 cm³/mol. The zero-order valence-electron chi connectivity index (χ0n) is 12.6. The number of rotatable bonds is 6. The van der Waals surface area contributed by atoms with E-state index in [-0.39, 0.29) is 29.7 Å². The zero-order chi connectivity index (χ0) is 14.4. The van der Waals surface area contributed by atoms with Crippen LogP contribution in [0.2, 0.25) is 0 Å². The second-order valence-corrected chi connectivity index (χ2v) is 4.94. The lowest BCUT2D eigenvalue weighted by atomic mass is 10.1. The van der Waals surface area contributed by atoms with Crippen LogP contribution in [-0.2, 0) is 6.42 Å². The van der Waals surface area contributed by atoms with Crippen LogP contribution in [0.3, 0.4) is 0 Å². The Morgan fingerprint density at radius 1 is 1.43 bits per heavy atom. The van der Waals surface area contributed by atoms with Gasteiger partial charge in [-0.1, -0.05) is 6.07 Å². The van der Waals surface area contributed by atoms with E-state index in [1.807, 2.05) is 12.1 Å². The van der Waals surface area contributed by atoms with Crippen LogP contribution < -0.4 is 15.4 Å². The number of halogens is 1. The first-order valence-electron chi connectivity index (χ1n) is 7.13. The monoisotopic (exact) mass is 405 g/mol. The predicted octanol–water partition coefficient (Wildman–Crippen LogP) is 2.28. The van der Waals surface area contributed by atoms with E-state index < -0.39 is 0 Å². The van der Waals surface area contributed by atoms with Crippen LogP contribution in [0.5, 0.6) is 11.5 Å². The number of hydrogen-bond acceptors (Lipinski definition) is 3. The smallest absolute Gasteiger partial charge is 0.191 e. The molecule has 2 rings (SSSR count). The van der Waals surface area contributed by atoms with Gasteiger partial charge in [0.2, 0.25) is 0 Å². The van der Waals surface area contributed by atoms with Crippen molar-refractivity contribution in [1.29, 1.82) is 0 Å². The molecule has 1 aliphatic carbocycles. The Hall–Kier alpha value is -1.18. The summed E-state index contributed by atoms with van der Waals surface area (Å²) >= 11 is 0. The van der Waals surface area contributed by atoms with Crippen molar-refractivity contribution in [3.05, 3.63) is 23.8 Å². The van der Waals surface area contributed by atoms with E-state index in [9.17, 15) is 5.11 Å². The van der Waals surface area contributed by atoms with Crippen molar-refractivity contribution >= 4 is 29.9 Å². The van der Waals surface area contributed by atoms with Crippen molar-refractivity contribution in [2.75, 3.05) is 20.2 Å². The molecule has 6 heteroatoms. The van der Waals surface area contributed by atoms with Crippen molar-refractivity contribution in [2.45, 2.75) is 32.2 Å². The molecule has 0 bridgehead atoms. The summed E-state index contributed by atoms with van der Waals surface area (Å²) in [6, 6.07) is 6.01. The van der Waals surface area contributed by atoms with Gasteiger partial charge in [-0.25, -0.2) is 0 Å². The molecule has 5 nitrogen and oxygen atoms in total. The Kier molecular flexibility index (Phi) is 7.63. The van der Waals surface area contributed by atoms with E-state index in [1.165, 1.54) is 12.8 Å². The van der Waals surface area contributed by atoms with Gasteiger partial charge in [-0.2, -0.15) is 0 Å². The van der Waals surface area contributed by atoms with Crippen LogP contribution in [0.25, 0.3) is 0 Å². The molecule has 0 radical (unpaired) electrons. The minimum Gasteiger partial charge on any atom is -0.504 e. The summed E-state index contributed by atoms with van der Waals surface area (Å²) in [5.74, 6) is 1.57. The molecule has 0 saturated heterocycles. The Balaban J connectivity index is 0.00000220. The maximum atomic E-state index is 9.55. The lowest BCUT2D eigenvalue weighted by Gasteiger charge is -2.10. The highest BCUT2D eigenvalue weighted by atomic mass is 127. The standard InChI is InChI=1S/C15H23N3O2.HI/c1-3-16-15(18-12-5-6-12)17-9-8-11-4-7-13(19)14(10-11)20-2;/h4,7,10,12,19H,3,5-6,8-9H2,1-2H3,(H2,16,17,18);1H. The van der Waals surface area contributed by atoms with Gasteiger partial charge in [0.05, 0.1) is 7.11 Å². The molecule has 118 valence electrons. The fourth-order valence-electron chi connectivity index (χ4n) is 1.92. The van der Waals surface area contributed by atoms with Gasteiger partial charge >= 0.3 is 0 Å². The molecule has 1 fully saturated rings. The third kappa shape index (κ3) is 5.99. The number of nitrogens with one attached hydrogen (secondary N) is 2. The van der Waals surface area contributed by atoms with Crippen LogP contribution in [0.4, 0.5) is 0 Å². The summed E-state index contributed by atoms with van der Waals surface area (Å²) in [5, 5.41) is 16.2. The molecule has 0 atom stereocenters. The molecular weight excluding hydrogens is 381 g/mol. The van der Waals surface area contributed by atoms with Gasteiger partial charge < -0.3 is 20.5 Å². The van der Waals surface area contributed by atoms with Crippen LogP contribution in [0.15, 0.2) is 23.2 Å². The first-order valence-corrected chi connectivity index (χ1v) is 7.13. The van der Waals surface area contributed by atoms with Crippen LogP contribution in [0.1, 0.15) is 25.3 Å². The van der Waals surface area contributed by atoms with E-state index in [1.54, 1.807) is 13.2 Å². The maximum absolute atomic E-state index is 9.55. The Morgan fingerprint density at radius 2 is 2.19 bits per heavy atom. The summed E-state index contributed by atoms with van der Waals surface area (Å²) in [6.45, 7) is 3.64. The molecule has 0 aliphatic heterocycles. The fourth-order valence-corrected chi connectivity index (χ4v) is 1.92. The molecule has 1 aromatic rings. The first kappa shape index (κ1) is 17.9. The fraction of sp³-hybridized carbons (Fsp3) is 0.533. The van der Waals surface area contributed by atoms with Crippen molar-refractivity contribution in [3.63, 3.8) is 0 Å². The van der Waals surface area contributed by atoms with Gasteiger partial charge in [-0.05, 0) is 43.9 Å². The second kappa shape index (κ2) is 8.96. The molecule has 0 unspecified atom stereocenters. The molecule has 0 amide bonds. The van der Waals surface area contributed by atoms with Crippen molar-refractivity contribution in [1.82, 2.24) is 10.6 Å². The third-order valence-corrected chi connectivity index (χ3v) is 3.18. The SMILES string of the molecule is CCNC(=NCCc1ccc(O)c(OC)c1)NC1CC1.I. The number of phenolic OH excluding ortho intramolecular Hbond substituents is 1. The normalized spacial score (nSPS) is 14.3. The van der Waals surface area contributed by atoms with E-state index in [0.29, 0.717) is 18.3 Å². The molecule has 1 saturated carbocycles. The van der Waals surface area contributed by atoms with Gasteiger partial charge in [0.15, 0.2) is 17.5 Å². The summed E-state index contributed by atoms with van der Waals surface area (Å²) in [5.41, 5.74) is 1.10. The van der Waals surface area contributed by atoms with E-state index in [0.717, 1.165) is 24.5 Å². The number of aromatic hydroxyl groups is 1. The second-order valence-electron chi connectivity index (χ2n) is 4.94. The average Bonchev–Trinajstić information content (AvgIpc) is 3.25. The Labute approximate surface area is 143 Å². The lowest BCUT2D eigenvalue weighted by molar-refractivity contribution is 0.373. The number of ether oxygens (including phenoxy) is 1. The number of nitrogens with zero attached hydrogens (tertiary/aromatic N) is 1. The number of methoxy groups -OCH3 is 1. The summed E-state index contributed by atoms with van der Waals surface area (Å²) in [6.07, 6.45) is 3.29. The molecule has 21 heavy (non-hydrogen) atoms. The largest absolute Gasteiger partial charge is 0.504 e. The number of aliphatic imine (C=N–C) groups is 1. The highest BCUT2D eigenvalue weighted by Crippen LogP contribution is 2.26. The van der Waals surface area contributed by atoms with Crippen LogP contribution in [0, 0.1) is 0 Å². The summed E-state index contributed by atoms with van der Waals surface area (Å²) in [7, 11) is 1.56. The number of phenols is 1. The molecular formula is C15H24IN3O2. The minimum absolute atomic E-state index is 0. The third-order valence-electron chi connectivity index (χ3n) is 3.18. The molecule has 3 N–H and O–H groups in total. The molecule has 0 spiro atoms. The minimum atomic E-state index is 0. The number of guanidine groups is 1. The lowest BCUT2D eigenvalue weighted by Crippen LogP contribution is -2.38. The van der Waals surface area contributed by atoms with Crippen molar-refractivity contribution < 1.29 is 9.84 Å². The Morgan fingerprint density at radius 3 is 2.81 bits per heavy atom. The number of benzene rings is 1. The number of hydrogen-bond donors (Lipinski definition) is 3. The summed E-state index contributed by atoms with van der Waals surface area (Å²) < 4.78 is 5.10. The highest BCUT2D eigenvalue weighted by molar-refractivity contribution is 14.0. The summed E-state index contributed by atoms with van der Waals surface area (Å²) in [4.78, 5) is 4.56. The zero-order valence-corrected chi connectivity index (χ0v) is 14.9. The van der Waals surface area contributed by atoms with Gasteiger partial charge in [-0.15, -0.1) is 24.0 Å². The van der Waals surface area contributed by atoms with E-state index in [4.69, 9.17) is 4.74 Å². The van der Waals surface area contributed by atoms with Gasteiger partial charge in [0.1, 0.15) is 0 Å². The molecule has 1 aromatic carbocycles. The molecule has 0 heterocycles. The topological polar surface area (TPSA) is 65.9 Å². The average molecular weight is 405 g/mol. The molecule has 1 aliphatic rings. The van der Waals surface area contributed by atoms with Crippen LogP contribution >= 0.6 is 24.0 Å². The first-order chi connectivity index (χ1) is 9.72. The van der Waals surface area contributed by atoms with Gasteiger partial charge in [-0.3, -0.25) is 4.99 Å². The van der Waals surface area contributed by atoms with Gasteiger partial charge in [0, 0.05) is 19.1 Å². The van der Waals surface area contributed by atoms with E-state index >= 15 is 0 Å². The van der Waals surface area contributed by atoms with Crippen molar-refractivity contribution in [3.8, 4) is 11.5 Å². The van der Waals surface area contributed by atoms with Crippen LogP contribution in [-0.4, -0.2) is 37.3 Å². The van der Waals surface area contributed by atoms with E-state index in [2.05, 4.69) is 22.5 Å². The van der Waals surface area contributed by atoms with Crippen molar-refractivity contribution in [2.24, 2.45) is 4.99 Å². The highest BCUT2D eigenvalue weighted by Gasteiger charge is 2.21. The maximum Gasteiger partial charge on any atom is 0.191 e.